The van der Waals surface area contributed by atoms with Crippen LogP contribution in [0.2, 0.25) is 0 Å². The van der Waals surface area contributed by atoms with E-state index in [1.807, 2.05) is 23.5 Å². The highest BCUT2D eigenvalue weighted by molar-refractivity contribution is 7.80. The van der Waals surface area contributed by atoms with Gasteiger partial charge in [0.15, 0.2) is 28.1 Å². The predicted molar refractivity (Wildman–Crippen MR) is 133 cm³/mol. The van der Waals surface area contributed by atoms with Crippen LogP contribution >= 0.6 is 12.2 Å². The standard InChI is InChI=1S/C26H21F4N3O3S/c1-12(2)15-8-9-17-16(10-15)32-25(36-17)14-6-4-13(5-7-14)11-31-26(37)33-24(34)18-19(27)21(29)23(35-3)22(30)20(18)28/h4-10,12H,11H2,1-3H3,(H2,31,33,34,37). The molecule has 37 heavy (non-hydrogen) atoms. The molecule has 0 bridgehead atoms. The minimum Gasteiger partial charge on any atom is -0.491 e. The summed E-state index contributed by atoms with van der Waals surface area (Å²) in [4.78, 5) is 16.8. The van der Waals surface area contributed by atoms with Crippen molar-refractivity contribution in [1.82, 2.24) is 15.6 Å². The Bertz CT molecular complexity index is 1470. The van der Waals surface area contributed by atoms with Crippen LogP contribution in [0.5, 0.6) is 5.75 Å². The number of ether oxygens (including phenoxy) is 1. The van der Waals surface area contributed by atoms with Crippen molar-refractivity contribution in [3.63, 3.8) is 0 Å². The molecule has 0 radical (unpaired) electrons. The highest BCUT2D eigenvalue weighted by Gasteiger charge is 2.30. The lowest BCUT2D eigenvalue weighted by Crippen LogP contribution is -2.39. The van der Waals surface area contributed by atoms with Crippen LogP contribution in [0.3, 0.4) is 0 Å². The van der Waals surface area contributed by atoms with Gasteiger partial charge >= 0.3 is 0 Å². The molecular weight excluding hydrogens is 510 g/mol. The molecule has 0 saturated carbocycles. The van der Waals surface area contributed by atoms with Crippen LogP contribution in [0.1, 0.15) is 41.3 Å². The molecule has 1 heterocycles. The zero-order valence-electron chi connectivity index (χ0n) is 19.9. The van der Waals surface area contributed by atoms with Crippen molar-refractivity contribution in [3.8, 4) is 17.2 Å². The van der Waals surface area contributed by atoms with E-state index in [1.165, 1.54) is 0 Å². The van der Waals surface area contributed by atoms with Crippen LogP contribution in [0.4, 0.5) is 17.6 Å². The number of nitrogens with zero attached hydrogens (tertiary/aromatic N) is 1. The molecule has 6 nitrogen and oxygen atoms in total. The van der Waals surface area contributed by atoms with Gasteiger partial charge in [-0.2, -0.15) is 8.78 Å². The largest absolute Gasteiger partial charge is 0.491 e. The molecule has 0 aliphatic rings. The zero-order valence-corrected chi connectivity index (χ0v) is 20.7. The Labute approximate surface area is 214 Å². The summed E-state index contributed by atoms with van der Waals surface area (Å²) in [5.41, 5.74) is 2.63. The van der Waals surface area contributed by atoms with Gasteiger partial charge in [-0.15, -0.1) is 0 Å². The van der Waals surface area contributed by atoms with Crippen LogP contribution in [-0.2, 0) is 6.54 Å². The molecule has 192 valence electrons. The zero-order chi connectivity index (χ0) is 26.9. The maximum absolute atomic E-state index is 14.1. The average molecular weight is 532 g/mol. The van der Waals surface area contributed by atoms with E-state index in [0.29, 0.717) is 17.4 Å². The molecule has 1 aromatic heterocycles. The summed E-state index contributed by atoms with van der Waals surface area (Å²) in [7, 11) is 0.835. The summed E-state index contributed by atoms with van der Waals surface area (Å²) in [5.74, 6) is -9.36. The molecule has 11 heteroatoms. The number of nitrogens with one attached hydrogen (secondary N) is 2. The van der Waals surface area contributed by atoms with Crippen molar-refractivity contribution in [2.75, 3.05) is 7.11 Å². The monoisotopic (exact) mass is 531 g/mol. The summed E-state index contributed by atoms with van der Waals surface area (Å²) < 4.78 is 66.2. The van der Waals surface area contributed by atoms with E-state index in [2.05, 4.69) is 28.9 Å². The first-order chi connectivity index (χ1) is 17.6. The third kappa shape index (κ3) is 5.26. The van der Waals surface area contributed by atoms with Gasteiger partial charge in [0, 0.05) is 12.1 Å². The lowest BCUT2D eigenvalue weighted by molar-refractivity contribution is 0.0965. The first kappa shape index (κ1) is 26.1. The molecule has 0 unspecified atom stereocenters. The maximum Gasteiger partial charge on any atom is 0.263 e. The number of aromatic nitrogens is 1. The van der Waals surface area contributed by atoms with Crippen molar-refractivity contribution < 1.29 is 31.5 Å². The summed E-state index contributed by atoms with van der Waals surface area (Å²) >= 11 is 4.97. The summed E-state index contributed by atoms with van der Waals surface area (Å²) in [6.45, 7) is 4.34. The number of hydrogen-bond acceptors (Lipinski definition) is 5. The number of carbonyl (C=O) groups is 1. The Morgan fingerprint density at radius 1 is 1.03 bits per heavy atom. The van der Waals surface area contributed by atoms with E-state index in [4.69, 9.17) is 16.6 Å². The number of carbonyl (C=O) groups excluding carboxylic acids is 1. The summed E-state index contributed by atoms with van der Waals surface area (Å²) in [6.07, 6.45) is 0. The maximum atomic E-state index is 14.1. The molecule has 0 atom stereocenters. The number of thiocarbonyl (C=S) groups is 1. The minimum absolute atomic E-state index is 0.140. The Hall–Kier alpha value is -3.99. The SMILES string of the molecule is COc1c(F)c(F)c(C(=O)NC(=S)NCc2ccc(-c3nc4cc(C(C)C)ccc4o3)cc2)c(F)c1F. The Balaban J connectivity index is 1.40. The second-order valence-corrected chi connectivity index (χ2v) is 8.81. The summed E-state index contributed by atoms with van der Waals surface area (Å²) in [6, 6.07) is 13.0. The molecule has 3 aromatic carbocycles. The Morgan fingerprint density at radius 3 is 2.27 bits per heavy atom. The number of amides is 1. The number of rotatable bonds is 6. The van der Waals surface area contributed by atoms with E-state index in [1.54, 1.807) is 24.3 Å². The van der Waals surface area contributed by atoms with Crippen molar-refractivity contribution in [1.29, 1.82) is 0 Å². The van der Waals surface area contributed by atoms with E-state index in [9.17, 15) is 22.4 Å². The second kappa shape index (κ2) is 10.6. The van der Waals surface area contributed by atoms with Gasteiger partial charge in [0.25, 0.3) is 5.91 Å². The molecule has 1 amide bonds. The van der Waals surface area contributed by atoms with E-state index in [-0.39, 0.29) is 11.7 Å². The fraction of sp³-hybridized carbons (Fsp3) is 0.192. The Kier molecular flexibility index (Phi) is 7.44. The predicted octanol–water partition coefficient (Wildman–Crippen LogP) is 5.99. The third-order valence-electron chi connectivity index (χ3n) is 5.61. The van der Waals surface area contributed by atoms with Crippen LogP contribution in [0.15, 0.2) is 46.9 Å². The number of hydrogen-bond donors (Lipinski definition) is 2. The Morgan fingerprint density at radius 2 is 1.68 bits per heavy atom. The first-order valence-corrected chi connectivity index (χ1v) is 11.5. The van der Waals surface area contributed by atoms with Crippen LogP contribution in [0.25, 0.3) is 22.6 Å². The highest BCUT2D eigenvalue weighted by Crippen LogP contribution is 2.30. The fourth-order valence-electron chi connectivity index (χ4n) is 3.57. The van der Waals surface area contributed by atoms with Crippen LogP contribution in [0, 0.1) is 23.3 Å². The van der Waals surface area contributed by atoms with Gasteiger partial charge in [-0.3, -0.25) is 10.1 Å². The van der Waals surface area contributed by atoms with Gasteiger partial charge in [0.1, 0.15) is 11.1 Å². The van der Waals surface area contributed by atoms with E-state index < -0.39 is 40.5 Å². The lowest BCUT2D eigenvalue weighted by atomic mass is 10.0. The molecule has 0 aliphatic carbocycles. The molecule has 0 saturated heterocycles. The number of benzene rings is 3. The second-order valence-electron chi connectivity index (χ2n) is 8.40. The molecule has 0 spiro atoms. The van der Waals surface area contributed by atoms with Crippen LogP contribution < -0.4 is 15.4 Å². The van der Waals surface area contributed by atoms with Gasteiger partial charge in [0.2, 0.25) is 17.5 Å². The molecular formula is C26H21F4N3O3S. The molecule has 4 rings (SSSR count). The molecule has 0 aliphatic heterocycles. The van der Waals surface area contributed by atoms with Gasteiger partial charge in [-0.05, 0) is 53.5 Å². The summed E-state index contributed by atoms with van der Waals surface area (Å²) in [5, 5.41) is 4.40. The number of oxazole rings is 1. The topological polar surface area (TPSA) is 76.4 Å². The molecule has 0 fully saturated rings. The van der Waals surface area contributed by atoms with Crippen molar-refractivity contribution in [2.45, 2.75) is 26.3 Å². The third-order valence-corrected chi connectivity index (χ3v) is 5.86. The quantitative estimate of drug-likeness (QED) is 0.181. The van der Waals surface area contributed by atoms with E-state index >= 15 is 0 Å². The van der Waals surface area contributed by atoms with Gasteiger partial charge in [-0.1, -0.05) is 32.0 Å². The number of halogens is 4. The minimum atomic E-state index is -1.90. The number of methoxy groups -OCH3 is 1. The van der Waals surface area contributed by atoms with Crippen molar-refractivity contribution in [3.05, 3.63) is 82.4 Å². The van der Waals surface area contributed by atoms with Crippen LogP contribution in [-0.4, -0.2) is 23.1 Å². The lowest BCUT2D eigenvalue weighted by Gasteiger charge is -2.13. The number of fused-ring (bicyclic) bond motifs is 1. The smallest absolute Gasteiger partial charge is 0.263 e. The highest BCUT2D eigenvalue weighted by atomic mass is 32.1. The first-order valence-electron chi connectivity index (χ1n) is 11.1. The van der Waals surface area contributed by atoms with Gasteiger partial charge in [-0.25, -0.2) is 13.8 Å². The molecule has 4 aromatic rings. The average Bonchev–Trinajstić information content (AvgIpc) is 3.30. The normalized spacial score (nSPS) is 11.1. The molecule has 2 N–H and O–H groups in total. The van der Waals surface area contributed by atoms with E-state index in [0.717, 1.165) is 29.3 Å². The van der Waals surface area contributed by atoms with Gasteiger partial charge in [0.05, 0.1) is 7.11 Å². The van der Waals surface area contributed by atoms with Crippen molar-refractivity contribution in [2.24, 2.45) is 0 Å². The van der Waals surface area contributed by atoms with Crippen molar-refractivity contribution >= 4 is 34.3 Å². The fourth-order valence-corrected chi connectivity index (χ4v) is 3.74. The van der Waals surface area contributed by atoms with Gasteiger partial charge < -0.3 is 14.5 Å².